The van der Waals surface area contributed by atoms with Crippen molar-refractivity contribution >= 4 is 28.4 Å². The number of nitrogens with zero attached hydrogens (tertiary/aromatic N) is 2. The van der Waals surface area contributed by atoms with Gasteiger partial charge in [-0.25, -0.2) is 0 Å². The van der Waals surface area contributed by atoms with Gasteiger partial charge in [0.25, 0.3) is 5.91 Å². The molecule has 1 N–H and O–H groups in total. The van der Waals surface area contributed by atoms with Crippen molar-refractivity contribution in [3.63, 3.8) is 0 Å². The van der Waals surface area contributed by atoms with Crippen molar-refractivity contribution in [2.75, 3.05) is 18.9 Å². The summed E-state index contributed by atoms with van der Waals surface area (Å²) < 4.78 is 0. The number of para-hydroxylation sites is 2. The highest BCUT2D eigenvalue weighted by molar-refractivity contribution is 6.09. The van der Waals surface area contributed by atoms with E-state index in [4.69, 9.17) is 4.98 Å². The third-order valence-electron chi connectivity index (χ3n) is 4.92. The molecule has 0 unspecified atom stereocenters. The van der Waals surface area contributed by atoms with Crippen LogP contribution >= 0.6 is 0 Å². The van der Waals surface area contributed by atoms with Crippen LogP contribution in [-0.4, -0.2) is 35.3 Å². The number of likely N-dealkylation sites (N-methyl/N-ethyl adjacent to an activating group) is 1. The molecule has 0 bridgehead atoms. The monoisotopic (exact) mass is 359 g/mol. The van der Waals surface area contributed by atoms with E-state index in [2.05, 4.69) is 5.32 Å². The van der Waals surface area contributed by atoms with E-state index in [0.29, 0.717) is 5.56 Å². The maximum Gasteiger partial charge on any atom is 0.255 e. The van der Waals surface area contributed by atoms with E-state index in [-0.39, 0.29) is 18.4 Å². The minimum absolute atomic E-state index is 0.000843. The number of anilines is 1. The third-order valence-corrected chi connectivity index (χ3v) is 4.92. The summed E-state index contributed by atoms with van der Waals surface area (Å²) in [6, 6.07) is 17.0. The zero-order valence-corrected chi connectivity index (χ0v) is 15.2. The summed E-state index contributed by atoms with van der Waals surface area (Å²) in [7, 11) is 1.67. The van der Waals surface area contributed by atoms with E-state index in [1.807, 2.05) is 54.6 Å². The predicted molar refractivity (Wildman–Crippen MR) is 106 cm³/mol. The van der Waals surface area contributed by atoms with E-state index in [1.165, 1.54) is 4.90 Å². The molecule has 0 saturated heterocycles. The molecule has 0 saturated carbocycles. The third kappa shape index (κ3) is 3.40. The van der Waals surface area contributed by atoms with Crippen LogP contribution in [0, 0.1) is 0 Å². The summed E-state index contributed by atoms with van der Waals surface area (Å²) in [5.74, 6) is -0.345. The van der Waals surface area contributed by atoms with Gasteiger partial charge in [0.15, 0.2) is 0 Å². The fourth-order valence-electron chi connectivity index (χ4n) is 3.66. The minimum atomic E-state index is -0.216. The van der Waals surface area contributed by atoms with E-state index < -0.39 is 0 Å². The fraction of sp³-hybridized carbons (Fsp3) is 0.227. The molecule has 0 fully saturated rings. The number of benzene rings is 2. The van der Waals surface area contributed by atoms with Crippen molar-refractivity contribution in [3.8, 4) is 0 Å². The first-order chi connectivity index (χ1) is 13.1. The molecule has 4 rings (SSSR count). The van der Waals surface area contributed by atoms with Gasteiger partial charge in [-0.15, -0.1) is 0 Å². The van der Waals surface area contributed by atoms with Gasteiger partial charge in [-0.3, -0.25) is 14.6 Å². The lowest BCUT2D eigenvalue weighted by molar-refractivity contribution is -0.116. The van der Waals surface area contributed by atoms with E-state index in [0.717, 1.165) is 47.1 Å². The van der Waals surface area contributed by atoms with Gasteiger partial charge in [-0.05, 0) is 43.0 Å². The van der Waals surface area contributed by atoms with Crippen LogP contribution < -0.4 is 5.32 Å². The average Bonchev–Trinajstić information content (AvgIpc) is 3.14. The number of pyridine rings is 1. The molecule has 0 radical (unpaired) electrons. The number of carbonyl (C=O) groups is 2. The predicted octanol–water partition coefficient (Wildman–Crippen LogP) is 3.43. The Morgan fingerprint density at radius 2 is 1.78 bits per heavy atom. The van der Waals surface area contributed by atoms with E-state index >= 15 is 0 Å². The molecule has 5 nitrogen and oxygen atoms in total. The van der Waals surface area contributed by atoms with Crippen LogP contribution in [0.3, 0.4) is 0 Å². The van der Waals surface area contributed by atoms with Gasteiger partial charge in [0, 0.05) is 23.8 Å². The first kappa shape index (κ1) is 17.2. The molecule has 1 heterocycles. The summed E-state index contributed by atoms with van der Waals surface area (Å²) in [4.78, 5) is 31.8. The van der Waals surface area contributed by atoms with Gasteiger partial charge in [-0.2, -0.15) is 0 Å². The first-order valence-electron chi connectivity index (χ1n) is 9.14. The van der Waals surface area contributed by atoms with Gasteiger partial charge < -0.3 is 10.2 Å². The largest absolute Gasteiger partial charge is 0.332 e. The number of aromatic nitrogens is 1. The Morgan fingerprint density at radius 1 is 1.04 bits per heavy atom. The summed E-state index contributed by atoms with van der Waals surface area (Å²) >= 11 is 0. The van der Waals surface area contributed by atoms with Gasteiger partial charge in [0.05, 0.1) is 17.6 Å². The van der Waals surface area contributed by atoms with Crippen molar-refractivity contribution in [1.82, 2.24) is 9.88 Å². The Morgan fingerprint density at radius 3 is 2.59 bits per heavy atom. The lowest BCUT2D eigenvalue weighted by Crippen LogP contribution is -2.35. The molecule has 5 heteroatoms. The number of carbonyl (C=O) groups excluding carboxylic acids is 2. The van der Waals surface area contributed by atoms with E-state index in [1.54, 1.807) is 7.05 Å². The van der Waals surface area contributed by atoms with Crippen LogP contribution in [0.1, 0.15) is 28.0 Å². The van der Waals surface area contributed by atoms with Crippen LogP contribution in [0.2, 0.25) is 0 Å². The Balaban J connectivity index is 1.60. The summed E-state index contributed by atoms with van der Waals surface area (Å²) in [6.45, 7) is -0.000843. The zero-order chi connectivity index (χ0) is 18.8. The van der Waals surface area contributed by atoms with Crippen LogP contribution in [-0.2, 0) is 17.6 Å². The Labute approximate surface area is 158 Å². The molecule has 0 spiro atoms. The Hall–Kier alpha value is -3.21. The molecule has 3 aromatic rings. The van der Waals surface area contributed by atoms with E-state index in [9.17, 15) is 9.59 Å². The second-order valence-corrected chi connectivity index (χ2v) is 6.86. The molecule has 0 atom stereocenters. The fourth-order valence-corrected chi connectivity index (χ4v) is 3.66. The molecule has 136 valence electrons. The summed E-state index contributed by atoms with van der Waals surface area (Å²) in [6.07, 6.45) is 2.77. The molecule has 2 amide bonds. The van der Waals surface area contributed by atoms with Gasteiger partial charge in [-0.1, -0.05) is 36.4 Å². The number of aryl methyl sites for hydroxylation is 1. The quantitative estimate of drug-likeness (QED) is 0.776. The van der Waals surface area contributed by atoms with Crippen molar-refractivity contribution in [3.05, 3.63) is 71.4 Å². The first-order valence-corrected chi connectivity index (χ1v) is 9.14. The smallest absolute Gasteiger partial charge is 0.255 e. The summed E-state index contributed by atoms with van der Waals surface area (Å²) in [5.41, 5.74) is 4.30. The van der Waals surface area contributed by atoms with Gasteiger partial charge in [0.2, 0.25) is 5.91 Å². The molecular weight excluding hydrogens is 338 g/mol. The van der Waals surface area contributed by atoms with Crippen LogP contribution in [0.15, 0.2) is 54.6 Å². The minimum Gasteiger partial charge on any atom is -0.332 e. The zero-order valence-electron chi connectivity index (χ0n) is 15.2. The number of hydrogen-bond acceptors (Lipinski definition) is 3. The van der Waals surface area contributed by atoms with Crippen molar-refractivity contribution < 1.29 is 9.59 Å². The number of rotatable bonds is 4. The van der Waals surface area contributed by atoms with Crippen LogP contribution in [0.4, 0.5) is 5.69 Å². The number of fused-ring (bicyclic) bond motifs is 2. The molecule has 1 aliphatic rings. The van der Waals surface area contributed by atoms with Crippen molar-refractivity contribution in [2.45, 2.75) is 19.3 Å². The van der Waals surface area contributed by atoms with Crippen LogP contribution in [0.25, 0.3) is 10.9 Å². The lowest BCUT2D eigenvalue weighted by Gasteiger charge is -2.20. The van der Waals surface area contributed by atoms with Gasteiger partial charge in [0.1, 0.15) is 0 Å². The second kappa shape index (κ2) is 7.19. The molecule has 0 aliphatic heterocycles. The maximum atomic E-state index is 13.2. The highest BCUT2D eigenvalue weighted by Gasteiger charge is 2.26. The van der Waals surface area contributed by atoms with Crippen molar-refractivity contribution in [2.24, 2.45) is 0 Å². The number of nitrogens with one attached hydrogen (secondary N) is 1. The molecule has 1 aliphatic carbocycles. The highest BCUT2D eigenvalue weighted by Crippen LogP contribution is 2.30. The maximum absolute atomic E-state index is 13.2. The SMILES string of the molecule is CN(CC(=O)Nc1ccccc1)C(=O)c1c2c(nc3ccccc13)CCC2. The Kier molecular flexibility index (Phi) is 4.59. The number of amides is 2. The number of hydrogen-bond donors (Lipinski definition) is 1. The highest BCUT2D eigenvalue weighted by atomic mass is 16.2. The van der Waals surface area contributed by atoms with Crippen LogP contribution in [0.5, 0.6) is 0 Å². The standard InChI is InChI=1S/C22H21N3O2/c1-25(14-20(26)23-15-8-3-2-4-9-15)22(27)21-16-10-5-6-12-18(16)24-19-13-7-11-17(19)21/h2-6,8-10,12H,7,11,13-14H2,1H3,(H,23,26). The summed E-state index contributed by atoms with van der Waals surface area (Å²) in [5, 5.41) is 3.68. The topological polar surface area (TPSA) is 62.3 Å². The molecule has 2 aromatic carbocycles. The average molecular weight is 359 g/mol. The van der Waals surface area contributed by atoms with Gasteiger partial charge >= 0.3 is 0 Å². The molecular formula is C22H21N3O2. The van der Waals surface area contributed by atoms with Crippen molar-refractivity contribution in [1.29, 1.82) is 0 Å². The molecule has 27 heavy (non-hydrogen) atoms. The second-order valence-electron chi connectivity index (χ2n) is 6.86. The molecule has 1 aromatic heterocycles. The normalized spacial score (nSPS) is 12.6. The lowest BCUT2D eigenvalue weighted by atomic mass is 10.00. The Bertz CT molecular complexity index is 1010.